The second-order valence-electron chi connectivity index (χ2n) is 8.11. The fraction of sp³-hybridized carbons (Fsp3) is 0.778. The molecule has 3 nitrogen and oxygen atoms in total. The van der Waals surface area contributed by atoms with Crippen molar-refractivity contribution in [1.82, 2.24) is 10.3 Å². The summed E-state index contributed by atoms with van der Waals surface area (Å²) < 4.78 is 1.00. The third-order valence-electron chi connectivity index (χ3n) is 6.31. The van der Waals surface area contributed by atoms with Gasteiger partial charge >= 0.3 is 0 Å². The molecule has 0 radical (unpaired) electrons. The first-order valence-electron chi connectivity index (χ1n) is 8.87. The fourth-order valence-electron chi connectivity index (χ4n) is 5.67. The molecule has 0 saturated heterocycles. The van der Waals surface area contributed by atoms with E-state index in [4.69, 9.17) is 0 Å². The average molecular weight is 351 g/mol. The maximum absolute atomic E-state index is 12.4. The van der Waals surface area contributed by atoms with Crippen LogP contribution in [-0.2, 0) is 4.79 Å². The third-order valence-corrected chi connectivity index (χ3v) is 8.45. The van der Waals surface area contributed by atoms with E-state index in [1.54, 1.807) is 23.1 Å². The molecule has 1 N–H and O–H groups in total. The average Bonchev–Trinajstić information content (AvgIpc) is 2.89. The zero-order valence-electron chi connectivity index (χ0n) is 14.0. The molecule has 126 valence electrons. The van der Waals surface area contributed by atoms with Crippen LogP contribution in [0.3, 0.4) is 0 Å². The highest BCUT2D eigenvalue weighted by Crippen LogP contribution is 2.61. The van der Waals surface area contributed by atoms with E-state index in [1.807, 2.05) is 12.3 Å². The summed E-state index contributed by atoms with van der Waals surface area (Å²) >= 11 is 3.19. The maximum Gasteiger partial charge on any atom is 0.230 e. The summed E-state index contributed by atoms with van der Waals surface area (Å²) in [4.78, 5) is 16.8. The molecule has 1 atom stereocenters. The van der Waals surface area contributed by atoms with Crippen LogP contribution in [-0.4, -0.2) is 22.7 Å². The van der Waals surface area contributed by atoms with Gasteiger partial charge < -0.3 is 5.32 Å². The lowest BCUT2D eigenvalue weighted by atomic mass is 9.48. The van der Waals surface area contributed by atoms with Crippen molar-refractivity contribution in [3.05, 3.63) is 11.1 Å². The van der Waals surface area contributed by atoms with Crippen LogP contribution in [0.1, 0.15) is 51.1 Å². The van der Waals surface area contributed by atoms with E-state index in [1.165, 1.54) is 38.5 Å². The number of thiazole rings is 1. The Bertz CT molecular complexity index is 562. The van der Waals surface area contributed by atoms with Gasteiger partial charge in [0.2, 0.25) is 5.91 Å². The van der Waals surface area contributed by atoms with Gasteiger partial charge in [0.1, 0.15) is 0 Å². The smallest absolute Gasteiger partial charge is 0.230 e. The van der Waals surface area contributed by atoms with Gasteiger partial charge in [-0.2, -0.15) is 0 Å². The molecular weight excluding hydrogens is 324 g/mol. The summed E-state index contributed by atoms with van der Waals surface area (Å²) in [5.41, 5.74) is 1.44. The van der Waals surface area contributed by atoms with E-state index in [0.717, 1.165) is 27.8 Å². The van der Waals surface area contributed by atoms with Gasteiger partial charge in [-0.1, -0.05) is 11.8 Å². The number of carbonyl (C=O) groups excluding carboxylic acids is 1. The van der Waals surface area contributed by atoms with Crippen molar-refractivity contribution < 1.29 is 4.79 Å². The van der Waals surface area contributed by atoms with Gasteiger partial charge in [-0.3, -0.25) is 4.79 Å². The van der Waals surface area contributed by atoms with E-state index < -0.39 is 0 Å². The second-order valence-corrected chi connectivity index (χ2v) is 10.2. The molecular formula is C18H26N2OS2. The largest absolute Gasteiger partial charge is 0.352 e. The zero-order chi connectivity index (χ0) is 16.0. The Balaban J connectivity index is 1.34. The molecule has 4 bridgehead atoms. The SMILES string of the molecule is Cc1csc(SCC(=O)NC(C)C23CC4CC(CC(C4)C2)C3)n1. The molecule has 4 fully saturated rings. The van der Waals surface area contributed by atoms with Gasteiger partial charge in [-0.15, -0.1) is 11.3 Å². The predicted octanol–water partition coefficient (Wildman–Crippen LogP) is 4.26. The Morgan fingerprint density at radius 3 is 2.48 bits per heavy atom. The van der Waals surface area contributed by atoms with Crippen LogP contribution in [0.2, 0.25) is 0 Å². The van der Waals surface area contributed by atoms with Gasteiger partial charge in [0.05, 0.1) is 5.75 Å². The highest BCUT2D eigenvalue weighted by molar-refractivity contribution is 8.01. The molecule has 5 rings (SSSR count). The van der Waals surface area contributed by atoms with Crippen LogP contribution in [0, 0.1) is 30.1 Å². The van der Waals surface area contributed by atoms with Crippen molar-refractivity contribution in [2.24, 2.45) is 23.2 Å². The highest BCUT2D eigenvalue weighted by atomic mass is 32.2. The third kappa shape index (κ3) is 3.19. The Hall–Kier alpha value is -0.550. The maximum atomic E-state index is 12.4. The number of amides is 1. The number of nitrogens with zero attached hydrogens (tertiary/aromatic N) is 1. The molecule has 4 saturated carbocycles. The Labute approximate surface area is 147 Å². The summed E-state index contributed by atoms with van der Waals surface area (Å²) in [5.74, 6) is 3.48. The quantitative estimate of drug-likeness (QED) is 0.807. The molecule has 1 heterocycles. The number of aryl methyl sites for hydroxylation is 1. The number of carbonyl (C=O) groups is 1. The molecule has 5 heteroatoms. The molecule has 4 aliphatic rings. The standard InChI is InChI=1S/C18H26N2OS2/c1-11-9-22-17(19-11)23-10-16(21)20-12(2)18-6-13-3-14(7-18)5-15(4-13)8-18/h9,12-15H,3-8,10H2,1-2H3,(H,20,21). The van der Waals surface area contributed by atoms with Crippen molar-refractivity contribution in [2.45, 2.75) is 62.8 Å². The van der Waals surface area contributed by atoms with Crippen molar-refractivity contribution in [2.75, 3.05) is 5.75 Å². The first kappa shape index (κ1) is 15.9. The van der Waals surface area contributed by atoms with Crippen molar-refractivity contribution >= 4 is 29.0 Å². The van der Waals surface area contributed by atoms with E-state index in [0.29, 0.717) is 17.2 Å². The molecule has 0 spiro atoms. The van der Waals surface area contributed by atoms with Gasteiger partial charge in [0.25, 0.3) is 0 Å². The van der Waals surface area contributed by atoms with Gasteiger partial charge in [-0.05, 0) is 75.5 Å². The molecule has 1 amide bonds. The Morgan fingerprint density at radius 1 is 1.35 bits per heavy atom. The second kappa shape index (κ2) is 6.07. The van der Waals surface area contributed by atoms with Gasteiger partial charge in [-0.25, -0.2) is 4.98 Å². The van der Waals surface area contributed by atoms with Crippen LogP contribution in [0.15, 0.2) is 9.72 Å². The number of hydrogen-bond donors (Lipinski definition) is 1. The van der Waals surface area contributed by atoms with Crippen LogP contribution in [0.4, 0.5) is 0 Å². The number of aromatic nitrogens is 1. The molecule has 23 heavy (non-hydrogen) atoms. The number of rotatable bonds is 5. The normalized spacial score (nSPS) is 36.2. The lowest BCUT2D eigenvalue weighted by molar-refractivity contribution is -0.123. The molecule has 1 aromatic rings. The van der Waals surface area contributed by atoms with Gasteiger partial charge in [0, 0.05) is 17.1 Å². The van der Waals surface area contributed by atoms with Crippen molar-refractivity contribution in [1.29, 1.82) is 0 Å². The van der Waals surface area contributed by atoms with Crippen LogP contribution >= 0.6 is 23.1 Å². The lowest BCUT2D eigenvalue weighted by Crippen LogP contribution is -2.56. The molecule has 1 unspecified atom stereocenters. The first-order valence-corrected chi connectivity index (χ1v) is 10.7. The van der Waals surface area contributed by atoms with E-state index in [9.17, 15) is 4.79 Å². The van der Waals surface area contributed by atoms with Crippen LogP contribution in [0.5, 0.6) is 0 Å². The summed E-state index contributed by atoms with van der Waals surface area (Å²) in [6, 6.07) is 0.321. The number of thioether (sulfide) groups is 1. The Morgan fingerprint density at radius 2 is 1.96 bits per heavy atom. The monoisotopic (exact) mass is 350 g/mol. The minimum atomic E-state index is 0.172. The topological polar surface area (TPSA) is 42.0 Å². The zero-order valence-corrected chi connectivity index (χ0v) is 15.6. The summed E-state index contributed by atoms with van der Waals surface area (Å²) in [6.45, 7) is 4.25. The van der Waals surface area contributed by atoms with E-state index >= 15 is 0 Å². The highest BCUT2D eigenvalue weighted by Gasteiger charge is 2.53. The summed E-state index contributed by atoms with van der Waals surface area (Å²) in [7, 11) is 0. The molecule has 0 aliphatic heterocycles. The molecule has 0 aromatic carbocycles. The minimum Gasteiger partial charge on any atom is -0.352 e. The van der Waals surface area contributed by atoms with Crippen LogP contribution < -0.4 is 5.32 Å². The summed E-state index contributed by atoms with van der Waals surface area (Å²) in [5, 5.41) is 5.37. The number of nitrogens with one attached hydrogen (secondary N) is 1. The first-order chi connectivity index (χ1) is 11.0. The Kier molecular flexibility index (Phi) is 4.21. The number of hydrogen-bond acceptors (Lipinski definition) is 4. The van der Waals surface area contributed by atoms with E-state index in [-0.39, 0.29) is 5.91 Å². The van der Waals surface area contributed by atoms with Gasteiger partial charge in [0.15, 0.2) is 4.34 Å². The molecule has 1 aromatic heterocycles. The lowest BCUT2D eigenvalue weighted by Gasteiger charge is -2.59. The van der Waals surface area contributed by atoms with Crippen molar-refractivity contribution in [3.8, 4) is 0 Å². The van der Waals surface area contributed by atoms with E-state index in [2.05, 4.69) is 17.2 Å². The minimum absolute atomic E-state index is 0.172. The fourth-order valence-corrected chi connectivity index (χ4v) is 7.33. The summed E-state index contributed by atoms with van der Waals surface area (Å²) in [6.07, 6.45) is 8.41. The predicted molar refractivity (Wildman–Crippen MR) is 95.8 cm³/mol. The van der Waals surface area contributed by atoms with Crippen molar-refractivity contribution in [3.63, 3.8) is 0 Å². The molecule has 4 aliphatic carbocycles. The van der Waals surface area contributed by atoms with Crippen LogP contribution in [0.25, 0.3) is 0 Å².